The average molecular weight is 383 g/mol. The fourth-order valence-corrected chi connectivity index (χ4v) is 5.83. The molecular formula is C29H21N. The van der Waals surface area contributed by atoms with Gasteiger partial charge in [-0.3, -0.25) is 0 Å². The van der Waals surface area contributed by atoms with E-state index in [0.29, 0.717) is 0 Å². The lowest BCUT2D eigenvalue weighted by molar-refractivity contribution is 0.661. The van der Waals surface area contributed by atoms with Crippen LogP contribution in [0.5, 0.6) is 0 Å². The predicted molar refractivity (Wildman–Crippen MR) is 128 cm³/mol. The minimum absolute atomic E-state index is 0.0105. The van der Waals surface area contributed by atoms with E-state index in [9.17, 15) is 0 Å². The Bertz CT molecular complexity index is 1660. The fraction of sp³-hybridized carbons (Fsp3) is 0.103. The van der Waals surface area contributed by atoms with Gasteiger partial charge < -0.3 is 4.98 Å². The van der Waals surface area contributed by atoms with Gasteiger partial charge >= 0.3 is 0 Å². The topological polar surface area (TPSA) is 15.8 Å². The van der Waals surface area contributed by atoms with Crippen LogP contribution in [-0.2, 0) is 5.41 Å². The molecule has 0 saturated carbocycles. The molecule has 1 nitrogen and oxygen atoms in total. The zero-order valence-corrected chi connectivity index (χ0v) is 17.1. The van der Waals surface area contributed by atoms with Crippen LogP contribution in [0.1, 0.15) is 25.0 Å². The van der Waals surface area contributed by atoms with Crippen molar-refractivity contribution >= 4 is 43.4 Å². The Hall–Kier alpha value is -3.58. The Kier molecular flexibility index (Phi) is 2.88. The van der Waals surface area contributed by atoms with Crippen molar-refractivity contribution in [1.29, 1.82) is 0 Å². The second kappa shape index (κ2) is 5.31. The molecule has 1 heterocycles. The standard InChI is InChI=1S/C29H21N/c1-29(2)22-13-7-5-11-19(22)27-23(29)16-15-21-25(27)17-9-3-4-10-18(17)26-20-12-6-8-14-24(20)30-28(21)26/h3-16,30H,1-2H3. The number of fused-ring (bicyclic) bond motifs is 12. The number of benzene rings is 5. The molecule has 1 aromatic heterocycles. The number of rotatable bonds is 0. The lowest BCUT2D eigenvalue weighted by atomic mass is 9.81. The highest BCUT2D eigenvalue weighted by atomic mass is 14.7. The summed E-state index contributed by atoms with van der Waals surface area (Å²) in [5.41, 5.74) is 8.09. The quantitative estimate of drug-likeness (QED) is 0.256. The van der Waals surface area contributed by atoms with E-state index in [1.165, 1.54) is 65.6 Å². The number of hydrogen-bond acceptors (Lipinski definition) is 0. The summed E-state index contributed by atoms with van der Waals surface area (Å²) in [6.45, 7) is 4.71. The van der Waals surface area contributed by atoms with Crippen molar-refractivity contribution in [1.82, 2.24) is 4.98 Å². The number of hydrogen-bond donors (Lipinski definition) is 1. The third-order valence-corrected chi connectivity index (χ3v) is 7.19. The van der Waals surface area contributed by atoms with Crippen LogP contribution in [0.25, 0.3) is 54.5 Å². The zero-order chi connectivity index (χ0) is 20.0. The van der Waals surface area contributed by atoms with Gasteiger partial charge in [0.05, 0.1) is 5.52 Å². The number of para-hydroxylation sites is 1. The largest absolute Gasteiger partial charge is 0.354 e. The third kappa shape index (κ3) is 1.79. The minimum atomic E-state index is 0.0105. The Morgan fingerprint density at radius 3 is 2.07 bits per heavy atom. The number of H-pyrrole nitrogens is 1. The maximum Gasteiger partial charge on any atom is 0.0551 e. The van der Waals surface area contributed by atoms with Gasteiger partial charge in [0.25, 0.3) is 0 Å². The average Bonchev–Trinajstić information content (AvgIpc) is 3.28. The van der Waals surface area contributed by atoms with Gasteiger partial charge in [-0.2, -0.15) is 0 Å². The van der Waals surface area contributed by atoms with E-state index in [1.807, 2.05) is 0 Å². The van der Waals surface area contributed by atoms with Crippen LogP contribution in [0.15, 0.2) is 84.9 Å². The van der Waals surface area contributed by atoms with Crippen LogP contribution in [-0.4, -0.2) is 4.98 Å². The van der Waals surface area contributed by atoms with E-state index >= 15 is 0 Å². The first-order valence-electron chi connectivity index (χ1n) is 10.6. The first kappa shape index (κ1) is 16.2. The summed E-state index contributed by atoms with van der Waals surface area (Å²) in [4.78, 5) is 3.75. The van der Waals surface area contributed by atoms with Gasteiger partial charge in [0.1, 0.15) is 0 Å². The van der Waals surface area contributed by atoms with E-state index < -0.39 is 0 Å². The molecule has 0 saturated heterocycles. The molecule has 1 aliphatic rings. The number of aromatic amines is 1. The molecule has 1 heteroatoms. The normalized spacial score (nSPS) is 14.6. The van der Waals surface area contributed by atoms with Crippen molar-refractivity contribution in [2.75, 3.05) is 0 Å². The van der Waals surface area contributed by atoms with E-state index in [1.54, 1.807) is 0 Å². The highest BCUT2D eigenvalue weighted by molar-refractivity contribution is 6.33. The van der Waals surface area contributed by atoms with E-state index in [0.717, 1.165) is 0 Å². The molecule has 0 spiro atoms. The summed E-state index contributed by atoms with van der Waals surface area (Å²) in [6, 6.07) is 31.2. The molecule has 5 aromatic carbocycles. The molecule has 0 bridgehead atoms. The molecule has 6 aromatic rings. The first-order chi connectivity index (χ1) is 14.7. The molecule has 1 aliphatic carbocycles. The van der Waals surface area contributed by atoms with Crippen molar-refractivity contribution in [3.63, 3.8) is 0 Å². The Morgan fingerprint density at radius 1 is 0.567 bits per heavy atom. The van der Waals surface area contributed by atoms with Crippen LogP contribution in [0.2, 0.25) is 0 Å². The summed E-state index contributed by atoms with van der Waals surface area (Å²) in [7, 11) is 0. The molecule has 1 N–H and O–H groups in total. The fourth-order valence-electron chi connectivity index (χ4n) is 5.83. The van der Waals surface area contributed by atoms with Crippen molar-refractivity contribution in [2.45, 2.75) is 19.3 Å². The summed E-state index contributed by atoms with van der Waals surface area (Å²) in [5.74, 6) is 0. The third-order valence-electron chi connectivity index (χ3n) is 7.19. The van der Waals surface area contributed by atoms with Crippen LogP contribution in [0, 0.1) is 0 Å². The van der Waals surface area contributed by atoms with Crippen molar-refractivity contribution in [3.05, 3.63) is 96.1 Å². The van der Waals surface area contributed by atoms with Gasteiger partial charge in [-0.15, -0.1) is 0 Å². The van der Waals surface area contributed by atoms with Gasteiger partial charge in [-0.05, 0) is 44.5 Å². The first-order valence-corrected chi connectivity index (χ1v) is 10.6. The Labute approximate surface area is 175 Å². The van der Waals surface area contributed by atoms with Crippen LogP contribution < -0.4 is 0 Å². The SMILES string of the molecule is CC1(C)c2ccccc2-c2c1ccc1c3[nH]c4ccccc4c3c3ccccc3c21. The van der Waals surface area contributed by atoms with Gasteiger partial charge in [0, 0.05) is 27.1 Å². The summed E-state index contributed by atoms with van der Waals surface area (Å²) in [5, 5.41) is 7.99. The molecule has 0 fully saturated rings. The number of nitrogens with one attached hydrogen (secondary N) is 1. The second-order valence-corrected chi connectivity index (χ2v) is 9.05. The van der Waals surface area contributed by atoms with Crippen LogP contribution in [0.3, 0.4) is 0 Å². The Morgan fingerprint density at radius 2 is 1.23 bits per heavy atom. The van der Waals surface area contributed by atoms with Crippen molar-refractivity contribution < 1.29 is 0 Å². The maximum atomic E-state index is 3.75. The minimum Gasteiger partial charge on any atom is -0.354 e. The van der Waals surface area contributed by atoms with Crippen molar-refractivity contribution in [3.8, 4) is 11.1 Å². The smallest absolute Gasteiger partial charge is 0.0551 e. The zero-order valence-electron chi connectivity index (χ0n) is 17.1. The van der Waals surface area contributed by atoms with E-state index in [4.69, 9.17) is 0 Å². The van der Waals surface area contributed by atoms with Gasteiger partial charge in [0.15, 0.2) is 0 Å². The molecule has 30 heavy (non-hydrogen) atoms. The molecule has 0 amide bonds. The molecule has 0 atom stereocenters. The Balaban J connectivity index is 1.82. The van der Waals surface area contributed by atoms with Crippen LogP contribution in [0.4, 0.5) is 0 Å². The molecule has 7 rings (SSSR count). The predicted octanol–water partition coefficient (Wildman–Crippen LogP) is 7.93. The summed E-state index contributed by atoms with van der Waals surface area (Å²) >= 11 is 0. The maximum absolute atomic E-state index is 3.75. The summed E-state index contributed by atoms with van der Waals surface area (Å²) in [6.07, 6.45) is 0. The molecule has 0 radical (unpaired) electrons. The highest BCUT2D eigenvalue weighted by Crippen LogP contribution is 2.53. The summed E-state index contributed by atoms with van der Waals surface area (Å²) < 4.78 is 0. The monoisotopic (exact) mass is 383 g/mol. The van der Waals surface area contributed by atoms with E-state index in [2.05, 4.69) is 104 Å². The molecule has 142 valence electrons. The second-order valence-electron chi connectivity index (χ2n) is 9.05. The molecule has 0 aliphatic heterocycles. The van der Waals surface area contributed by atoms with E-state index in [-0.39, 0.29) is 5.41 Å². The highest BCUT2D eigenvalue weighted by Gasteiger charge is 2.36. The van der Waals surface area contributed by atoms with Crippen LogP contribution >= 0.6 is 0 Å². The molecule has 0 unspecified atom stereocenters. The van der Waals surface area contributed by atoms with Crippen molar-refractivity contribution in [2.24, 2.45) is 0 Å². The molecular weight excluding hydrogens is 362 g/mol. The number of aromatic nitrogens is 1. The lowest BCUT2D eigenvalue weighted by Gasteiger charge is -2.21. The van der Waals surface area contributed by atoms with Gasteiger partial charge in [-0.1, -0.05) is 92.7 Å². The van der Waals surface area contributed by atoms with Gasteiger partial charge in [-0.25, -0.2) is 0 Å². The lowest BCUT2D eigenvalue weighted by Crippen LogP contribution is -2.14. The van der Waals surface area contributed by atoms with Gasteiger partial charge in [0.2, 0.25) is 0 Å².